The van der Waals surface area contributed by atoms with Gasteiger partial charge in [0, 0.05) is 44.3 Å². The molecule has 0 saturated carbocycles. The van der Waals surface area contributed by atoms with Crippen molar-refractivity contribution in [3.8, 4) is 5.75 Å². The number of nitrogens with zero attached hydrogens (tertiary/aromatic N) is 3. The van der Waals surface area contributed by atoms with Crippen molar-refractivity contribution in [1.82, 2.24) is 14.7 Å². The standard InChI is InChI=1S/C21H35N3O/c1-4-11-24-15-18-9-10-20(24)17-23(14-18)16-19-7-5-6-8-21(19)25-13-12-22(2)3/h5-8,18,20H,4,9-17H2,1-3H3/t18-,20+/m1/s1. The Balaban J connectivity index is 1.62. The zero-order chi connectivity index (χ0) is 17.6. The van der Waals surface area contributed by atoms with Crippen LogP contribution in [0.4, 0.5) is 0 Å². The van der Waals surface area contributed by atoms with E-state index in [1.54, 1.807) is 0 Å². The highest BCUT2D eigenvalue weighted by Gasteiger charge is 2.34. The Morgan fingerprint density at radius 1 is 1.12 bits per heavy atom. The predicted molar refractivity (Wildman–Crippen MR) is 104 cm³/mol. The van der Waals surface area contributed by atoms with E-state index in [1.165, 1.54) is 51.0 Å². The van der Waals surface area contributed by atoms with Crippen LogP contribution in [0.3, 0.4) is 0 Å². The van der Waals surface area contributed by atoms with E-state index in [1.807, 2.05) is 0 Å². The predicted octanol–water partition coefficient (Wildman–Crippen LogP) is 2.93. The lowest BCUT2D eigenvalue weighted by Gasteiger charge is -2.35. The summed E-state index contributed by atoms with van der Waals surface area (Å²) < 4.78 is 6.07. The van der Waals surface area contributed by atoms with Crippen LogP contribution in [0, 0.1) is 5.92 Å². The van der Waals surface area contributed by atoms with Crippen molar-refractivity contribution in [2.45, 2.75) is 38.8 Å². The molecule has 140 valence electrons. The first-order chi connectivity index (χ1) is 12.2. The second kappa shape index (κ2) is 9.02. The summed E-state index contributed by atoms with van der Waals surface area (Å²) in [5.41, 5.74) is 1.34. The van der Waals surface area contributed by atoms with E-state index in [2.05, 4.69) is 60.0 Å². The molecule has 4 heteroatoms. The summed E-state index contributed by atoms with van der Waals surface area (Å²) in [5, 5.41) is 0. The van der Waals surface area contributed by atoms with Gasteiger partial charge in [-0.25, -0.2) is 0 Å². The topological polar surface area (TPSA) is 19.0 Å². The molecule has 4 rings (SSSR count). The van der Waals surface area contributed by atoms with Crippen molar-refractivity contribution >= 4 is 0 Å². The Bertz CT molecular complexity index is 534. The smallest absolute Gasteiger partial charge is 0.123 e. The average molecular weight is 346 g/mol. The molecule has 2 atom stereocenters. The number of fused-ring (bicyclic) bond motifs is 4. The molecule has 25 heavy (non-hydrogen) atoms. The van der Waals surface area contributed by atoms with Crippen LogP contribution in [-0.2, 0) is 6.54 Å². The first-order valence-electron chi connectivity index (χ1n) is 9.97. The average Bonchev–Trinajstić information content (AvgIpc) is 2.87. The van der Waals surface area contributed by atoms with E-state index in [0.29, 0.717) is 0 Å². The highest BCUT2D eigenvalue weighted by Crippen LogP contribution is 2.30. The zero-order valence-electron chi connectivity index (χ0n) is 16.3. The van der Waals surface area contributed by atoms with E-state index >= 15 is 0 Å². The molecule has 0 N–H and O–H groups in total. The summed E-state index contributed by atoms with van der Waals surface area (Å²) in [6.07, 6.45) is 4.05. The fourth-order valence-electron chi connectivity index (χ4n) is 4.32. The molecule has 0 unspecified atom stereocenters. The van der Waals surface area contributed by atoms with Crippen LogP contribution < -0.4 is 4.74 Å². The third-order valence-electron chi connectivity index (χ3n) is 5.58. The number of likely N-dealkylation sites (N-methyl/N-ethyl adjacent to an activating group) is 1. The molecule has 3 aliphatic heterocycles. The number of hydrogen-bond acceptors (Lipinski definition) is 4. The molecule has 0 aliphatic carbocycles. The fourth-order valence-corrected chi connectivity index (χ4v) is 4.32. The number of piperidine rings is 1. The summed E-state index contributed by atoms with van der Waals surface area (Å²) in [6, 6.07) is 9.34. The Morgan fingerprint density at radius 3 is 2.76 bits per heavy atom. The summed E-state index contributed by atoms with van der Waals surface area (Å²) >= 11 is 0. The first kappa shape index (κ1) is 18.7. The molecular formula is C21H35N3O. The second-order valence-electron chi connectivity index (χ2n) is 8.05. The van der Waals surface area contributed by atoms with Crippen LogP contribution in [0.2, 0.25) is 0 Å². The SMILES string of the molecule is CCCN1C[C@@H]2CC[C@H]1CN(Cc1ccccc1OCCN(C)C)C2. The van der Waals surface area contributed by atoms with Crippen molar-refractivity contribution in [1.29, 1.82) is 0 Å². The highest BCUT2D eigenvalue weighted by atomic mass is 16.5. The molecular weight excluding hydrogens is 310 g/mol. The van der Waals surface area contributed by atoms with E-state index < -0.39 is 0 Å². The van der Waals surface area contributed by atoms with Gasteiger partial charge in [0.05, 0.1) is 0 Å². The molecule has 2 bridgehead atoms. The summed E-state index contributed by atoms with van der Waals surface area (Å²) in [5.74, 6) is 1.90. The monoisotopic (exact) mass is 345 g/mol. The van der Waals surface area contributed by atoms with Gasteiger partial charge in [0.2, 0.25) is 0 Å². The quantitative estimate of drug-likeness (QED) is 0.721. The molecule has 3 fully saturated rings. The zero-order valence-corrected chi connectivity index (χ0v) is 16.3. The minimum absolute atomic E-state index is 0.750. The maximum absolute atomic E-state index is 6.07. The number of ether oxygens (including phenoxy) is 1. The normalized spacial score (nSPS) is 24.6. The molecule has 3 saturated heterocycles. The summed E-state index contributed by atoms with van der Waals surface area (Å²) in [7, 11) is 4.18. The van der Waals surface area contributed by atoms with Gasteiger partial charge in [-0.2, -0.15) is 0 Å². The van der Waals surface area contributed by atoms with E-state index in [9.17, 15) is 0 Å². The Kier molecular flexibility index (Phi) is 6.74. The Hall–Kier alpha value is -1.10. The minimum atomic E-state index is 0.750. The van der Waals surface area contributed by atoms with Crippen LogP contribution in [0.1, 0.15) is 31.7 Å². The van der Waals surface area contributed by atoms with Crippen LogP contribution >= 0.6 is 0 Å². The Labute approximate surface area is 153 Å². The van der Waals surface area contributed by atoms with Crippen LogP contribution in [0.25, 0.3) is 0 Å². The van der Waals surface area contributed by atoms with Gasteiger partial charge in [0.15, 0.2) is 0 Å². The highest BCUT2D eigenvalue weighted by molar-refractivity contribution is 5.33. The lowest BCUT2D eigenvalue weighted by Crippen LogP contribution is -2.44. The van der Waals surface area contributed by atoms with Gasteiger partial charge in [-0.3, -0.25) is 9.80 Å². The van der Waals surface area contributed by atoms with E-state index in [-0.39, 0.29) is 0 Å². The maximum atomic E-state index is 6.07. The molecule has 0 radical (unpaired) electrons. The fraction of sp³-hybridized carbons (Fsp3) is 0.714. The van der Waals surface area contributed by atoms with E-state index in [0.717, 1.165) is 37.4 Å². The maximum Gasteiger partial charge on any atom is 0.123 e. The van der Waals surface area contributed by atoms with Crippen molar-refractivity contribution in [3.05, 3.63) is 29.8 Å². The summed E-state index contributed by atoms with van der Waals surface area (Å²) in [4.78, 5) is 7.58. The van der Waals surface area contributed by atoms with Gasteiger partial charge in [-0.05, 0) is 51.9 Å². The van der Waals surface area contributed by atoms with Crippen molar-refractivity contribution < 1.29 is 4.74 Å². The van der Waals surface area contributed by atoms with Gasteiger partial charge in [0.25, 0.3) is 0 Å². The van der Waals surface area contributed by atoms with Crippen LogP contribution in [0.15, 0.2) is 24.3 Å². The molecule has 4 nitrogen and oxygen atoms in total. The van der Waals surface area contributed by atoms with Gasteiger partial charge < -0.3 is 9.64 Å². The number of para-hydroxylation sites is 1. The number of hydrogen-bond donors (Lipinski definition) is 0. The van der Waals surface area contributed by atoms with Crippen molar-refractivity contribution in [2.24, 2.45) is 5.92 Å². The molecule has 0 spiro atoms. The lowest BCUT2D eigenvalue weighted by atomic mass is 9.95. The second-order valence-corrected chi connectivity index (χ2v) is 8.05. The van der Waals surface area contributed by atoms with Crippen LogP contribution in [-0.4, -0.2) is 74.2 Å². The molecule has 0 aromatic heterocycles. The van der Waals surface area contributed by atoms with Gasteiger partial charge in [0.1, 0.15) is 12.4 Å². The van der Waals surface area contributed by atoms with Crippen LogP contribution in [0.5, 0.6) is 5.75 Å². The summed E-state index contributed by atoms with van der Waals surface area (Å²) in [6.45, 7) is 10.0. The number of benzene rings is 1. The van der Waals surface area contributed by atoms with Crippen molar-refractivity contribution in [3.63, 3.8) is 0 Å². The van der Waals surface area contributed by atoms with Crippen molar-refractivity contribution in [2.75, 3.05) is 53.4 Å². The lowest BCUT2D eigenvalue weighted by molar-refractivity contribution is 0.131. The minimum Gasteiger partial charge on any atom is -0.492 e. The van der Waals surface area contributed by atoms with Gasteiger partial charge in [-0.1, -0.05) is 25.1 Å². The van der Waals surface area contributed by atoms with Gasteiger partial charge in [-0.15, -0.1) is 0 Å². The van der Waals surface area contributed by atoms with Gasteiger partial charge >= 0.3 is 0 Å². The molecule has 0 amide bonds. The third-order valence-corrected chi connectivity index (χ3v) is 5.58. The largest absolute Gasteiger partial charge is 0.492 e. The molecule has 3 aliphatic rings. The van der Waals surface area contributed by atoms with E-state index in [4.69, 9.17) is 4.74 Å². The Morgan fingerprint density at radius 2 is 1.96 bits per heavy atom. The number of rotatable bonds is 8. The third kappa shape index (κ3) is 5.19. The molecule has 1 aromatic carbocycles. The molecule has 1 aromatic rings. The molecule has 3 heterocycles. The first-order valence-corrected chi connectivity index (χ1v) is 9.97.